The molecule has 0 atom stereocenters. The fourth-order valence-corrected chi connectivity index (χ4v) is 3.62. The van der Waals surface area contributed by atoms with E-state index in [4.69, 9.17) is 5.73 Å². The highest BCUT2D eigenvalue weighted by Crippen LogP contribution is 2.33. The molecule has 0 radical (unpaired) electrons. The predicted molar refractivity (Wildman–Crippen MR) is 94.5 cm³/mol. The fraction of sp³-hybridized carbons (Fsp3) is 0.526. The Balaban J connectivity index is 2.18. The van der Waals surface area contributed by atoms with Gasteiger partial charge < -0.3 is 10.3 Å². The summed E-state index contributed by atoms with van der Waals surface area (Å²) >= 11 is 0. The molecule has 1 aliphatic heterocycles. The SMILES string of the molecule is CC(C)c1ccc2c(c1)c1c(n2CC(N)=O)CCN(C(C)C)C1. The first-order valence-electron chi connectivity index (χ1n) is 8.54. The van der Waals surface area contributed by atoms with E-state index in [-0.39, 0.29) is 12.5 Å². The van der Waals surface area contributed by atoms with Gasteiger partial charge in [0.25, 0.3) is 0 Å². The number of nitrogens with two attached hydrogens (primary N) is 1. The molecule has 23 heavy (non-hydrogen) atoms. The van der Waals surface area contributed by atoms with Crippen LogP contribution in [0.3, 0.4) is 0 Å². The van der Waals surface area contributed by atoms with Crippen LogP contribution in [0.4, 0.5) is 0 Å². The molecule has 0 spiro atoms. The van der Waals surface area contributed by atoms with Crippen molar-refractivity contribution in [1.82, 2.24) is 9.47 Å². The molecule has 124 valence electrons. The van der Waals surface area contributed by atoms with Crippen LogP contribution >= 0.6 is 0 Å². The minimum Gasteiger partial charge on any atom is -0.368 e. The van der Waals surface area contributed by atoms with Crippen molar-refractivity contribution < 1.29 is 4.79 Å². The van der Waals surface area contributed by atoms with Gasteiger partial charge in [-0.25, -0.2) is 0 Å². The number of fused-ring (bicyclic) bond motifs is 3. The van der Waals surface area contributed by atoms with Crippen LogP contribution in [0.2, 0.25) is 0 Å². The summed E-state index contributed by atoms with van der Waals surface area (Å²) in [7, 11) is 0. The quantitative estimate of drug-likeness (QED) is 0.943. The molecule has 0 fully saturated rings. The van der Waals surface area contributed by atoms with Crippen LogP contribution in [0.25, 0.3) is 10.9 Å². The van der Waals surface area contributed by atoms with Crippen molar-refractivity contribution in [3.8, 4) is 0 Å². The lowest BCUT2D eigenvalue weighted by atomic mass is 9.98. The monoisotopic (exact) mass is 313 g/mol. The molecular formula is C19H27N3O. The summed E-state index contributed by atoms with van der Waals surface area (Å²) in [6.07, 6.45) is 0.979. The van der Waals surface area contributed by atoms with Gasteiger partial charge >= 0.3 is 0 Å². The summed E-state index contributed by atoms with van der Waals surface area (Å²) in [4.78, 5) is 14.0. The average molecular weight is 313 g/mol. The van der Waals surface area contributed by atoms with Gasteiger partial charge in [0.1, 0.15) is 6.54 Å². The summed E-state index contributed by atoms with van der Waals surface area (Å²) < 4.78 is 2.13. The number of primary amides is 1. The van der Waals surface area contributed by atoms with Gasteiger partial charge in [-0.1, -0.05) is 19.9 Å². The first kappa shape index (κ1) is 16.1. The minimum atomic E-state index is -0.274. The van der Waals surface area contributed by atoms with Crippen molar-refractivity contribution in [1.29, 1.82) is 0 Å². The van der Waals surface area contributed by atoms with Crippen molar-refractivity contribution in [3.05, 3.63) is 35.0 Å². The lowest BCUT2D eigenvalue weighted by molar-refractivity contribution is -0.118. The van der Waals surface area contributed by atoms with Crippen LogP contribution in [0, 0.1) is 0 Å². The van der Waals surface area contributed by atoms with Crippen molar-refractivity contribution in [2.45, 2.75) is 59.2 Å². The fourth-order valence-electron chi connectivity index (χ4n) is 3.62. The number of amides is 1. The topological polar surface area (TPSA) is 51.3 Å². The van der Waals surface area contributed by atoms with Gasteiger partial charge in [0.05, 0.1) is 0 Å². The number of carbonyl (C=O) groups is 1. The van der Waals surface area contributed by atoms with Crippen LogP contribution in [-0.2, 0) is 24.3 Å². The third-order valence-electron chi connectivity index (χ3n) is 5.02. The Morgan fingerprint density at radius 2 is 2.00 bits per heavy atom. The second-order valence-corrected chi connectivity index (χ2v) is 7.22. The summed E-state index contributed by atoms with van der Waals surface area (Å²) in [6, 6.07) is 7.17. The zero-order chi connectivity index (χ0) is 16.7. The molecule has 1 aromatic carbocycles. The molecule has 4 heteroatoms. The Bertz CT molecular complexity index is 743. The molecule has 0 bridgehead atoms. The summed E-state index contributed by atoms with van der Waals surface area (Å²) in [5.74, 6) is 0.225. The number of hydrogen-bond acceptors (Lipinski definition) is 2. The standard InChI is InChI=1S/C19H27N3O/c1-12(2)14-5-6-17-15(9-14)16-10-21(13(3)4)8-7-18(16)22(17)11-19(20)23/h5-6,9,12-13H,7-8,10-11H2,1-4H3,(H2,20,23). The smallest absolute Gasteiger partial charge is 0.237 e. The molecular weight excluding hydrogens is 286 g/mol. The summed E-state index contributed by atoms with van der Waals surface area (Å²) in [5.41, 5.74) is 10.6. The lowest BCUT2D eigenvalue weighted by Crippen LogP contribution is -2.36. The van der Waals surface area contributed by atoms with Crippen LogP contribution in [-0.4, -0.2) is 28.0 Å². The molecule has 2 aromatic rings. The minimum absolute atomic E-state index is 0.272. The van der Waals surface area contributed by atoms with Crippen LogP contribution < -0.4 is 5.73 Å². The number of benzene rings is 1. The van der Waals surface area contributed by atoms with E-state index in [0.29, 0.717) is 12.0 Å². The highest BCUT2D eigenvalue weighted by atomic mass is 16.1. The molecule has 1 aromatic heterocycles. The molecule has 2 heterocycles. The van der Waals surface area contributed by atoms with Gasteiger partial charge in [-0.05, 0) is 43.0 Å². The molecule has 1 aliphatic rings. The maximum Gasteiger partial charge on any atom is 0.237 e. The second kappa shape index (κ2) is 6.00. The zero-order valence-electron chi connectivity index (χ0n) is 14.6. The van der Waals surface area contributed by atoms with Gasteiger partial charge in [0.15, 0.2) is 0 Å². The first-order chi connectivity index (χ1) is 10.9. The van der Waals surface area contributed by atoms with E-state index in [2.05, 4.69) is 55.4 Å². The molecule has 0 aliphatic carbocycles. The summed E-state index contributed by atoms with van der Waals surface area (Å²) in [5, 5.41) is 1.29. The zero-order valence-corrected chi connectivity index (χ0v) is 14.6. The van der Waals surface area contributed by atoms with Gasteiger partial charge in [-0.2, -0.15) is 0 Å². The van der Waals surface area contributed by atoms with E-state index < -0.39 is 0 Å². The average Bonchev–Trinajstić information content (AvgIpc) is 2.80. The largest absolute Gasteiger partial charge is 0.368 e. The Morgan fingerprint density at radius 3 is 2.61 bits per heavy atom. The number of hydrogen-bond donors (Lipinski definition) is 1. The van der Waals surface area contributed by atoms with Gasteiger partial charge in [0.2, 0.25) is 5.91 Å². The molecule has 2 N–H and O–H groups in total. The molecule has 3 rings (SSSR count). The van der Waals surface area contributed by atoms with Crippen molar-refractivity contribution in [2.24, 2.45) is 5.73 Å². The molecule has 4 nitrogen and oxygen atoms in total. The predicted octanol–water partition coefficient (Wildman–Crippen LogP) is 3.02. The van der Waals surface area contributed by atoms with Crippen LogP contribution in [0.5, 0.6) is 0 Å². The highest BCUT2D eigenvalue weighted by Gasteiger charge is 2.25. The van der Waals surface area contributed by atoms with Crippen molar-refractivity contribution in [3.63, 3.8) is 0 Å². The first-order valence-corrected chi connectivity index (χ1v) is 8.54. The van der Waals surface area contributed by atoms with Crippen molar-refractivity contribution >= 4 is 16.8 Å². The molecule has 1 amide bonds. The third-order valence-corrected chi connectivity index (χ3v) is 5.02. The Labute approximate surface area is 138 Å². The van der Waals surface area contributed by atoms with Gasteiger partial charge in [0, 0.05) is 42.1 Å². The second-order valence-electron chi connectivity index (χ2n) is 7.22. The van der Waals surface area contributed by atoms with E-state index >= 15 is 0 Å². The highest BCUT2D eigenvalue weighted by molar-refractivity contribution is 5.88. The Kier molecular flexibility index (Phi) is 4.19. The van der Waals surface area contributed by atoms with Crippen LogP contribution in [0.15, 0.2) is 18.2 Å². The number of aromatic nitrogens is 1. The third kappa shape index (κ3) is 2.88. The van der Waals surface area contributed by atoms with Gasteiger partial charge in [-0.3, -0.25) is 9.69 Å². The molecule has 0 unspecified atom stereocenters. The number of rotatable bonds is 4. The van der Waals surface area contributed by atoms with E-state index in [1.165, 1.54) is 22.2 Å². The molecule has 0 saturated carbocycles. The maximum absolute atomic E-state index is 11.5. The lowest BCUT2D eigenvalue weighted by Gasteiger charge is -2.31. The normalized spacial score (nSPS) is 15.6. The summed E-state index contributed by atoms with van der Waals surface area (Å²) in [6.45, 7) is 11.2. The van der Waals surface area contributed by atoms with Crippen LogP contribution in [0.1, 0.15) is 50.4 Å². The van der Waals surface area contributed by atoms with E-state index in [9.17, 15) is 4.79 Å². The molecule has 0 saturated heterocycles. The number of nitrogens with zero attached hydrogens (tertiary/aromatic N) is 2. The van der Waals surface area contributed by atoms with E-state index in [1.54, 1.807) is 0 Å². The maximum atomic E-state index is 11.5. The van der Waals surface area contributed by atoms with Gasteiger partial charge in [-0.15, -0.1) is 0 Å². The Morgan fingerprint density at radius 1 is 1.26 bits per heavy atom. The van der Waals surface area contributed by atoms with Crippen molar-refractivity contribution in [2.75, 3.05) is 6.54 Å². The van der Waals surface area contributed by atoms with E-state index in [1.807, 2.05) is 0 Å². The number of carbonyl (C=O) groups excluding carboxylic acids is 1. The Hall–Kier alpha value is -1.81. The van der Waals surface area contributed by atoms with E-state index in [0.717, 1.165) is 25.0 Å².